The summed E-state index contributed by atoms with van der Waals surface area (Å²) in [6.07, 6.45) is 2.18. The normalized spacial score (nSPS) is 18.9. The highest BCUT2D eigenvalue weighted by Crippen LogP contribution is 2.29. The van der Waals surface area contributed by atoms with Gasteiger partial charge in [0.15, 0.2) is 0 Å². The molecule has 1 aromatic heterocycles. The van der Waals surface area contributed by atoms with Crippen molar-refractivity contribution in [1.29, 1.82) is 0 Å². The molecule has 0 radical (unpaired) electrons. The maximum absolute atomic E-state index is 11.6. The van der Waals surface area contributed by atoms with Crippen molar-refractivity contribution in [2.75, 3.05) is 13.1 Å². The van der Waals surface area contributed by atoms with Gasteiger partial charge in [0.05, 0.1) is 11.1 Å². The summed E-state index contributed by atoms with van der Waals surface area (Å²) in [6, 6.07) is 5.76. The first-order valence-corrected chi connectivity index (χ1v) is 7.42. The highest BCUT2D eigenvalue weighted by molar-refractivity contribution is 6.04. The first kappa shape index (κ1) is 14.0. The molecule has 21 heavy (non-hydrogen) atoms. The van der Waals surface area contributed by atoms with Gasteiger partial charge in [-0.15, -0.1) is 0 Å². The Bertz CT molecular complexity index is 703. The summed E-state index contributed by atoms with van der Waals surface area (Å²) < 4.78 is 0. The third-order valence-electron chi connectivity index (χ3n) is 4.22. The van der Waals surface area contributed by atoms with E-state index in [0.29, 0.717) is 11.5 Å². The summed E-state index contributed by atoms with van der Waals surface area (Å²) in [4.78, 5) is 16.4. The predicted molar refractivity (Wildman–Crippen MR) is 83.0 cm³/mol. The highest BCUT2D eigenvalue weighted by Gasteiger charge is 2.21. The second-order valence-electron chi connectivity index (χ2n) is 5.92. The van der Waals surface area contributed by atoms with E-state index in [4.69, 9.17) is 4.98 Å². The fourth-order valence-electron chi connectivity index (χ4n) is 3.26. The topological polar surface area (TPSA) is 62.2 Å². The summed E-state index contributed by atoms with van der Waals surface area (Å²) in [7, 11) is 0. The van der Waals surface area contributed by atoms with Crippen LogP contribution in [-0.4, -0.2) is 29.1 Å². The van der Waals surface area contributed by atoms with Gasteiger partial charge >= 0.3 is 5.97 Å². The van der Waals surface area contributed by atoms with Gasteiger partial charge in [-0.05, 0) is 56.5 Å². The van der Waals surface area contributed by atoms with E-state index in [1.54, 1.807) is 6.07 Å². The molecule has 0 aliphatic carbocycles. The van der Waals surface area contributed by atoms with Crippen LogP contribution in [0.5, 0.6) is 0 Å². The molecule has 4 nitrogen and oxygen atoms in total. The number of carboxylic acids is 1. The van der Waals surface area contributed by atoms with Crippen LogP contribution < -0.4 is 5.32 Å². The van der Waals surface area contributed by atoms with Gasteiger partial charge in [-0.3, -0.25) is 4.98 Å². The lowest BCUT2D eigenvalue weighted by atomic mass is 9.92. The number of rotatable bonds is 2. The van der Waals surface area contributed by atoms with Crippen LogP contribution in [0, 0.1) is 13.8 Å². The molecule has 110 valence electrons. The zero-order chi connectivity index (χ0) is 15.0. The second kappa shape index (κ2) is 5.45. The van der Waals surface area contributed by atoms with Gasteiger partial charge in [-0.25, -0.2) is 4.79 Å². The number of fused-ring (bicyclic) bond motifs is 1. The van der Waals surface area contributed by atoms with Crippen LogP contribution in [-0.2, 0) is 0 Å². The first-order valence-electron chi connectivity index (χ1n) is 7.42. The fourth-order valence-corrected chi connectivity index (χ4v) is 3.26. The van der Waals surface area contributed by atoms with Gasteiger partial charge < -0.3 is 10.4 Å². The number of carbonyl (C=O) groups is 1. The van der Waals surface area contributed by atoms with E-state index in [0.717, 1.165) is 53.7 Å². The van der Waals surface area contributed by atoms with Gasteiger partial charge in [0.2, 0.25) is 0 Å². The number of aromatic nitrogens is 1. The number of carboxylic acid groups (broad SMARTS) is 1. The van der Waals surface area contributed by atoms with Crippen LogP contribution in [0.25, 0.3) is 10.9 Å². The summed E-state index contributed by atoms with van der Waals surface area (Å²) >= 11 is 0. The Morgan fingerprint density at radius 2 is 2.14 bits per heavy atom. The molecule has 1 atom stereocenters. The number of aromatic carboxylic acids is 1. The number of nitrogens with zero attached hydrogens (tertiary/aromatic N) is 1. The summed E-state index contributed by atoms with van der Waals surface area (Å²) in [5.74, 6) is -0.568. The van der Waals surface area contributed by atoms with Gasteiger partial charge in [0.1, 0.15) is 0 Å². The molecule has 1 saturated heterocycles. The molecule has 2 heterocycles. The van der Waals surface area contributed by atoms with Crippen molar-refractivity contribution in [3.63, 3.8) is 0 Å². The minimum atomic E-state index is -0.876. The van der Waals surface area contributed by atoms with Crippen LogP contribution in [0.3, 0.4) is 0 Å². The Morgan fingerprint density at radius 1 is 1.33 bits per heavy atom. The van der Waals surface area contributed by atoms with Crippen molar-refractivity contribution < 1.29 is 9.90 Å². The molecule has 1 aromatic carbocycles. The number of pyridine rings is 1. The highest BCUT2D eigenvalue weighted by atomic mass is 16.4. The summed E-state index contributed by atoms with van der Waals surface area (Å²) in [6.45, 7) is 5.88. The van der Waals surface area contributed by atoms with E-state index >= 15 is 0 Å². The Balaban J connectivity index is 2.21. The standard InChI is InChI=1S/C17H20N2O2/c1-10-6-11(2)16-13(17(20)21)8-14(19-15(16)7-10)12-4-3-5-18-9-12/h6-8,12,18H,3-5,9H2,1-2H3,(H,20,21). The number of hydrogen-bond donors (Lipinski definition) is 2. The van der Waals surface area contributed by atoms with Crippen LogP contribution in [0.1, 0.15) is 45.9 Å². The third kappa shape index (κ3) is 2.63. The van der Waals surface area contributed by atoms with E-state index < -0.39 is 5.97 Å². The van der Waals surface area contributed by atoms with Gasteiger partial charge in [0.25, 0.3) is 0 Å². The zero-order valence-electron chi connectivity index (χ0n) is 12.4. The van der Waals surface area contributed by atoms with E-state index in [-0.39, 0.29) is 0 Å². The molecule has 1 unspecified atom stereocenters. The molecule has 0 spiro atoms. The molecule has 2 aromatic rings. The molecule has 1 aliphatic heterocycles. The third-order valence-corrected chi connectivity index (χ3v) is 4.22. The zero-order valence-corrected chi connectivity index (χ0v) is 12.4. The van der Waals surface area contributed by atoms with Crippen molar-refractivity contribution in [3.8, 4) is 0 Å². The van der Waals surface area contributed by atoms with Crippen molar-refractivity contribution in [1.82, 2.24) is 10.3 Å². The Hall–Kier alpha value is -1.94. The number of benzene rings is 1. The number of piperidine rings is 1. The van der Waals surface area contributed by atoms with E-state index in [9.17, 15) is 9.90 Å². The lowest BCUT2D eigenvalue weighted by molar-refractivity contribution is 0.0698. The number of hydrogen-bond acceptors (Lipinski definition) is 3. The predicted octanol–water partition coefficient (Wildman–Crippen LogP) is 3.02. The van der Waals surface area contributed by atoms with Gasteiger partial charge in [-0.1, -0.05) is 6.07 Å². The molecule has 4 heteroatoms. The van der Waals surface area contributed by atoms with Crippen molar-refractivity contribution in [2.45, 2.75) is 32.6 Å². The van der Waals surface area contributed by atoms with Crippen LogP contribution in [0.15, 0.2) is 18.2 Å². The molecule has 2 N–H and O–H groups in total. The van der Waals surface area contributed by atoms with Crippen molar-refractivity contribution in [3.05, 3.63) is 40.6 Å². The number of aryl methyl sites for hydroxylation is 2. The smallest absolute Gasteiger partial charge is 0.336 e. The molecule has 0 bridgehead atoms. The summed E-state index contributed by atoms with van der Waals surface area (Å²) in [5.41, 5.74) is 4.16. The Morgan fingerprint density at radius 3 is 2.81 bits per heavy atom. The fraction of sp³-hybridized carbons (Fsp3) is 0.412. The lowest BCUT2D eigenvalue weighted by Crippen LogP contribution is -2.29. The van der Waals surface area contributed by atoms with Crippen LogP contribution in [0.2, 0.25) is 0 Å². The van der Waals surface area contributed by atoms with Gasteiger partial charge in [0, 0.05) is 23.5 Å². The largest absolute Gasteiger partial charge is 0.478 e. The molecular weight excluding hydrogens is 264 g/mol. The van der Waals surface area contributed by atoms with Crippen molar-refractivity contribution >= 4 is 16.9 Å². The second-order valence-corrected chi connectivity index (χ2v) is 5.92. The monoisotopic (exact) mass is 284 g/mol. The van der Waals surface area contributed by atoms with E-state index in [1.807, 2.05) is 26.0 Å². The number of nitrogens with one attached hydrogen (secondary N) is 1. The van der Waals surface area contributed by atoms with Crippen molar-refractivity contribution in [2.24, 2.45) is 0 Å². The molecule has 0 amide bonds. The SMILES string of the molecule is Cc1cc(C)c2c(C(=O)O)cc(C3CCCNC3)nc2c1. The van der Waals surface area contributed by atoms with Crippen LogP contribution >= 0.6 is 0 Å². The average Bonchev–Trinajstić information content (AvgIpc) is 2.46. The molecular formula is C17H20N2O2. The average molecular weight is 284 g/mol. The molecule has 3 rings (SSSR count). The first-order chi connectivity index (χ1) is 10.1. The van der Waals surface area contributed by atoms with E-state index in [2.05, 4.69) is 5.32 Å². The lowest BCUT2D eigenvalue weighted by Gasteiger charge is -2.23. The quantitative estimate of drug-likeness (QED) is 0.890. The maximum atomic E-state index is 11.6. The maximum Gasteiger partial charge on any atom is 0.336 e. The minimum Gasteiger partial charge on any atom is -0.478 e. The van der Waals surface area contributed by atoms with Crippen LogP contribution in [0.4, 0.5) is 0 Å². The summed E-state index contributed by atoms with van der Waals surface area (Å²) in [5, 5.41) is 13.7. The van der Waals surface area contributed by atoms with E-state index in [1.165, 1.54) is 0 Å². The van der Waals surface area contributed by atoms with Gasteiger partial charge in [-0.2, -0.15) is 0 Å². The Labute approximate surface area is 124 Å². The minimum absolute atomic E-state index is 0.307. The Kier molecular flexibility index (Phi) is 3.64. The molecule has 1 aliphatic rings. The molecule has 0 saturated carbocycles. The molecule has 1 fully saturated rings.